The van der Waals surface area contributed by atoms with Crippen LogP contribution in [0.4, 0.5) is 11.4 Å². The fourth-order valence-corrected chi connectivity index (χ4v) is 4.17. The number of ether oxygens (including phenoxy) is 1. The van der Waals surface area contributed by atoms with Gasteiger partial charge in [-0.2, -0.15) is 0 Å². The number of carbonyl (C=O) groups is 2. The third-order valence-corrected chi connectivity index (χ3v) is 5.84. The van der Waals surface area contributed by atoms with Crippen LogP contribution >= 0.6 is 0 Å². The largest absolute Gasteiger partial charge is 0.481 e. The lowest BCUT2D eigenvalue weighted by molar-refractivity contribution is -0.122. The molecule has 2 aromatic rings. The third kappa shape index (κ3) is 4.29. The van der Waals surface area contributed by atoms with Gasteiger partial charge in [0.2, 0.25) is 5.91 Å². The Labute approximate surface area is 172 Å². The van der Waals surface area contributed by atoms with E-state index in [1.165, 1.54) is 24.0 Å². The second kappa shape index (κ2) is 8.27. The number of fused-ring (bicyclic) bond motifs is 1. The Kier molecular flexibility index (Phi) is 5.56. The summed E-state index contributed by atoms with van der Waals surface area (Å²) < 4.78 is 5.91. The van der Waals surface area contributed by atoms with Crippen molar-refractivity contribution in [2.75, 3.05) is 16.8 Å². The predicted molar refractivity (Wildman–Crippen MR) is 115 cm³/mol. The van der Waals surface area contributed by atoms with E-state index in [9.17, 15) is 9.59 Å². The Hall–Kier alpha value is -2.82. The number of hydrogen-bond donors (Lipinski definition) is 1. The van der Waals surface area contributed by atoms with Gasteiger partial charge in [0.15, 0.2) is 6.10 Å². The van der Waals surface area contributed by atoms with Crippen LogP contribution in [0.3, 0.4) is 0 Å². The highest BCUT2D eigenvalue weighted by atomic mass is 16.5. The SMILES string of the molecule is Cc1ccc(NC(=O)C(C)Oc2ccc3c(c2)CCCC3)cc1N1CCCC1=O. The molecule has 1 unspecified atom stereocenters. The molecule has 2 amide bonds. The Bertz CT molecular complexity index is 938. The molecule has 4 rings (SSSR count). The highest BCUT2D eigenvalue weighted by molar-refractivity contribution is 5.98. The number of nitrogens with zero attached hydrogens (tertiary/aromatic N) is 1. The monoisotopic (exact) mass is 392 g/mol. The van der Waals surface area contributed by atoms with Crippen molar-refractivity contribution in [3.05, 3.63) is 53.1 Å². The van der Waals surface area contributed by atoms with Gasteiger partial charge in [0.1, 0.15) is 5.75 Å². The minimum absolute atomic E-state index is 0.140. The number of nitrogens with one attached hydrogen (secondary N) is 1. The Morgan fingerprint density at radius 3 is 2.59 bits per heavy atom. The van der Waals surface area contributed by atoms with E-state index in [1.54, 1.807) is 11.8 Å². The van der Waals surface area contributed by atoms with Crippen LogP contribution in [-0.4, -0.2) is 24.5 Å². The van der Waals surface area contributed by atoms with Crippen LogP contribution in [0.5, 0.6) is 5.75 Å². The fourth-order valence-electron chi connectivity index (χ4n) is 4.17. The average Bonchev–Trinajstić information content (AvgIpc) is 3.15. The second-order valence-electron chi connectivity index (χ2n) is 8.04. The van der Waals surface area contributed by atoms with Crippen molar-refractivity contribution in [3.63, 3.8) is 0 Å². The molecule has 0 radical (unpaired) electrons. The number of benzene rings is 2. The summed E-state index contributed by atoms with van der Waals surface area (Å²) in [5.74, 6) is 0.673. The summed E-state index contributed by atoms with van der Waals surface area (Å²) in [6.45, 7) is 4.47. The molecule has 0 spiro atoms. The second-order valence-corrected chi connectivity index (χ2v) is 8.04. The van der Waals surface area contributed by atoms with Crippen LogP contribution < -0.4 is 15.0 Å². The van der Waals surface area contributed by atoms with E-state index < -0.39 is 6.10 Å². The van der Waals surface area contributed by atoms with Gasteiger partial charge in [-0.05, 0) is 86.9 Å². The summed E-state index contributed by atoms with van der Waals surface area (Å²) in [5.41, 5.74) is 5.30. The van der Waals surface area contributed by atoms with Crippen LogP contribution in [0, 0.1) is 6.92 Å². The summed E-state index contributed by atoms with van der Waals surface area (Å²) in [5, 5.41) is 2.93. The molecule has 0 aromatic heterocycles. The molecule has 1 aliphatic heterocycles. The first-order valence-corrected chi connectivity index (χ1v) is 10.5. The quantitative estimate of drug-likeness (QED) is 0.820. The Morgan fingerprint density at radius 1 is 1.03 bits per heavy atom. The number of hydrogen-bond acceptors (Lipinski definition) is 3. The zero-order valence-electron chi connectivity index (χ0n) is 17.2. The van der Waals surface area contributed by atoms with Gasteiger partial charge in [-0.25, -0.2) is 0 Å². The van der Waals surface area contributed by atoms with E-state index in [2.05, 4.69) is 17.4 Å². The molecule has 5 heteroatoms. The summed E-state index contributed by atoms with van der Waals surface area (Å²) in [4.78, 5) is 26.6. The molecule has 2 aliphatic rings. The van der Waals surface area contributed by atoms with E-state index in [0.717, 1.165) is 42.8 Å². The van der Waals surface area contributed by atoms with Crippen LogP contribution in [-0.2, 0) is 22.4 Å². The van der Waals surface area contributed by atoms with E-state index in [4.69, 9.17) is 4.74 Å². The molecule has 1 saturated heterocycles. The molecule has 0 bridgehead atoms. The summed E-state index contributed by atoms with van der Waals surface area (Å²) in [6, 6.07) is 11.8. The lowest BCUT2D eigenvalue weighted by atomic mass is 9.92. The highest BCUT2D eigenvalue weighted by Gasteiger charge is 2.24. The standard InChI is InChI=1S/C24H28N2O3/c1-16-9-11-20(15-22(16)26-13-5-8-23(26)27)25-24(28)17(2)29-21-12-10-18-6-3-4-7-19(18)14-21/h9-12,14-15,17H,3-8,13H2,1-2H3,(H,25,28). The highest BCUT2D eigenvalue weighted by Crippen LogP contribution is 2.29. The Morgan fingerprint density at radius 2 is 1.83 bits per heavy atom. The summed E-state index contributed by atoms with van der Waals surface area (Å²) >= 11 is 0. The van der Waals surface area contributed by atoms with E-state index in [1.807, 2.05) is 31.2 Å². The molecule has 1 aliphatic carbocycles. The topological polar surface area (TPSA) is 58.6 Å². The number of anilines is 2. The number of rotatable bonds is 5. The normalized spacial score (nSPS) is 17.0. The molecule has 1 atom stereocenters. The molecular weight excluding hydrogens is 364 g/mol. The molecule has 2 aromatic carbocycles. The van der Waals surface area contributed by atoms with Gasteiger partial charge < -0.3 is 15.0 Å². The van der Waals surface area contributed by atoms with Crippen molar-refractivity contribution in [1.29, 1.82) is 0 Å². The smallest absolute Gasteiger partial charge is 0.265 e. The van der Waals surface area contributed by atoms with Gasteiger partial charge in [0.05, 0.1) is 0 Å². The number of carbonyl (C=O) groups excluding carboxylic acids is 2. The maximum absolute atomic E-state index is 12.7. The van der Waals surface area contributed by atoms with E-state index >= 15 is 0 Å². The predicted octanol–water partition coefficient (Wildman–Crippen LogP) is 4.41. The Balaban J connectivity index is 1.43. The number of amides is 2. The van der Waals surface area contributed by atoms with Crippen LogP contribution in [0.15, 0.2) is 36.4 Å². The maximum Gasteiger partial charge on any atom is 0.265 e. The molecule has 152 valence electrons. The van der Waals surface area contributed by atoms with Crippen LogP contribution in [0.25, 0.3) is 0 Å². The van der Waals surface area contributed by atoms with Crippen LogP contribution in [0.1, 0.15) is 49.3 Å². The van der Waals surface area contributed by atoms with Gasteiger partial charge in [-0.15, -0.1) is 0 Å². The van der Waals surface area contributed by atoms with Gasteiger partial charge in [-0.1, -0.05) is 12.1 Å². The molecule has 1 heterocycles. The van der Waals surface area contributed by atoms with Gasteiger partial charge >= 0.3 is 0 Å². The minimum atomic E-state index is -0.616. The maximum atomic E-state index is 12.7. The summed E-state index contributed by atoms with van der Waals surface area (Å²) in [7, 11) is 0. The van der Waals surface area contributed by atoms with Crippen molar-refractivity contribution in [2.24, 2.45) is 0 Å². The van der Waals surface area contributed by atoms with Gasteiger partial charge in [0.25, 0.3) is 5.91 Å². The van der Waals surface area contributed by atoms with E-state index in [-0.39, 0.29) is 11.8 Å². The molecule has 29 heavy (non-hydrogen) atoms. The molecule has 1 N–H and O–H groups in total. The van der Waals surface area contributed by atoms with Gasteiger partial charge in [-0.3, -0.25) is 9.59 Å². The fraction of sp³-hybridized carbons (Fsp3) is 0.417. The number of aryl methyl sites for hydroxylation is 3. The first kappa shape index (κ1) is 19.5. The first-order chi connectivity index (χ1) is 14.0. The lowest BCUT2D eigenvalue weighted by Gasteiger charge is -2.21. The van der Waals surface area contributed by atoms with Crippen molar-refractivity contribution in [2.45, 2.75) is 58.5 Å². The van der Waals surface area contributed by atoms with Crippen molar-refractivity contribution >= 4 is 23.2 Å². The summed E-state index contributed by atoms with van der Waals surface area (Å²) in [6.07, 6.45) is 5.50. The van der Waals surface area contributed by atoms with Crippen molar-refractivity contribution < 1.29 is 14.3 Å². The molecule has 0 saturated carbocycles. The van der Waals surface area contributed by atoms with Crippen LogP contribution in [0.2, 0.25) is 0 Å². The zero-order chi connectivity index (χ0) is 20.4. The lowest BCUT2D eigenvalue weighted by Crippen LogP contribution is -2.30. The minimum Gasteiger partial charge on any atom is -0.481 e. The average molecular weight is 392 g/mol. The van der Waals surface area contributed by atoms with E-state index in [0.29, 0.717) is 12.1 Å². The van der Waals surface area contributed by atoms with Gasteiger partial charge in [0, 0.05) is 24.3 Å². The molecular formula is C24H28N2O3. The third-order valence-electron chi connectivity index (χ3n) is 5.84. The molecule has 1 fully saturated rings. The van der Waals surface area contributed by atoms with Crippen molar-refractivity contribution in [1.82, 2.24) is 0 Å². The zero-order valence-corrected chi connectivity index (χ0v) is 17.2. The molecule has 5 nitrogen and oxygen atoms in total. The first-order valence-electron chi connectivity index (χ1n) is 10.5. The van der Waals surface area contributed by atoms with Crippen molar-refractivity contribution in [3.8, 4) is 5.75 Å².